The van der Waals surface area contributed by atoms with Gasteiger partial charge in [-0.25, -0.2) is 9.67 Å². The highest BCUT2D eigenvalue weighted by molar-refractivity contribution is 5.95. The van der Waals surface area contributed by atoms with Gasteiger partial charge in [0, 0.05) is 45.3 Å². The van der Waals surface area contributed by atoms with Crippen LogP contribution in [-0.4, -0.2) is 49.8 Å². The molecule has 3 heterocycles. The number of carbonyl (C=O) groups is 1. The predicted molar refractivity (Wildman–Crippen MR) is 105 cm³/mol. The molecule has 1 aromatic carbocycles. The zero-order valence-electron chi connectivity index (χ0n) is 15.4. The van der Waals surface area contributed by atoms with E-state index in [2.05, 4.69) is 15.4 Å². The number of halogens is 1. The first-order valence-electron chi connectivity index (χ1n) is 8.76. The number of carbonyl (C=O) groups excluding carboxylic acids is 1. The Labute approximate surface area is 164 Å². The van der Waals surface area contributed by atoms with Gasteiger partial charge in [0.2, 0.25) is 0 Å². The Morgan fingerprint density at radius 2 is 2.04 bits per heavy atom. The van der Waals surface area contributed by atoms with E-state index in [9.17, 15) is 4.79 Å². The highest BCUT2D eigenvalue weighted by atomic mass is 35.5. The molecule has 4 rings (SSSR count). The molecule has 7 nitrogen and oxygen atoms in total. The van der Waals surface area contributed by atoms with Crippen molar-refractivity contribution in [1.82, 2.24) is 29.5 Å². The van der Waals surface area contributed by atoms with Crippen molar-refractivity contribution in [2.45, 2.75) is 13.0 Å². The Morgan fingerprint density at radius 3 is 2.74 bits per heavy atom. The van der Waals surface area contributed by atoms with Gasteiger partial charge in [0.05, 0.1) is 16.9 Å². The van der Waals surface area contributed by atoms with Gasteiger partial charge >= 0.3 is 0 Å². The van der Waals surface area contributed by atoms with Crippen LogP contribution in [0, 0.1) is 6.92 Å². The minimum Gasteiger partial charge on any atom is -0.336 e. The Balaban J connectivity index is 0.00000210. The van der Waals surface area contributed by atoms with Gasteiger partial charge in [0.1, 0.15) is 11.9 Å². The van der Waals surface area contributed by atoms with Crippen LogP contribution in [0.4, 0.5) is 0 Å². The van der Waals surface area contributed by atoms with E-state index < -0.39 is 0 Å². The van der Waals surface area contributed by atoms with Crippen molar-refractivity contribution in [1.29, 1.82) is 0 Å². The normalized spacial score (nSPS) is 16.8. The zero-order valence-corrected chi connectivity index (χ0v) is 16.2. The molecule has 8 heteroatoms. The van der Waals surface area contributed by atoms with Crippen LogP contribution >= 0.6 is 12.4 Å². The summed E-state index contributed by atoms with van der Waals surface area (Å²) < 4.78 is 3.73. The van der Waals surface area contributed by atoms with E-state index in [1.54, 1.807) is 10.9 Å². The summed E-state index contributed by atoms with van der Waals surface area (Å²) in [6, 6.07) is 9.74. The zero-order chi connectivity index (χ0) is 18.1. The number of hydrogen-bond acceptors (Lipinski definition) is 4. The fourth-order valence-electron chi connectivity index (χ4n) is 3.41. The molecule has 1 N–H and O–H groups in total. The Hall–Kier alpha value is -2.64. The Bertz CT molecular complexity index is 919. The molecule has 1 aliphatic rings. The standard InChI is InChI=1S/C19H22N6O.ClH/c1-14-16(13-25(22-14)15-6-4-3-5-7-15)19(26)24-11-8-20-12-17(24)18-21-9-10-23(18)2;/h3-7,9-10,13,17,20H,8,11-12H2,1-2H3;1H. The maximum absolute atomic E-state index is 13.3. The number of nitrogens with zero attached hydrogens (tertiary/aromatic N) is 5. The van der Waals surface area contributed by atoms with Crippen molar-refractivity contribution < 1.29 is 4.79 Å². The Morgan fingerprint density at radius 1 is 1.26 bits per heavy atom. The van der Waals surface area contributed by atoms with Crippen molar-refractivity contribution >= 4 is 18.3 Å². The first kappa shape index (κ1) is 19.1. The topological polar surface area (TPSA) is 68.0 Å². The van der Waals surface area contributed by atoms with Gasteiger partial charge < -0.3 is 14.8 Å². The molecule has 1 saturated heterocycles. The number of nitrogens with one attached hydrogen (secondary N) is 1. The van der Waals surface area contributed by atoms with Gasteiger partial charge in [0.25, 0.3) is 5.91 Å². The third-order valence-corrected chi connectivity index (χ3v) is 4.81. The minimum absolute atomic E-state index is 0. The summed E-state index contributed by atoms with van der Waals surface area (Å²) in [6.07, 6.45) is 5.50. The van der Waals surface area contributed by atoms with Crippen LogP contribution in [0.15, 0.2) is 48.9 Å². The smallest absolute Gasteiger partial charge is 0.258 e. The van der Waals surface area contributed by atoms with Crippen LogP contribution in [0.2, 0.25) is 0 Å². The summed E-state index contributed by atoms with van der Waals surface area (Å²) in [5.74, 6) is 0.887. The van der Waals surface area contributed by atoms with Crippen LogP contribution in [0.1, 0.15) is 27.9 Å². The number of hydrogen-bond donors (Lipinski definition) is 1. The lowest BCUT2D eigenvalue weighted by atomic mass is 10.1. The molecule has 0 radical (unpaired) electrons. The molecule has 0 bridgehead atoms. The number of rotatable bonds is 3. The van der Waals surface area contributed by atoms with Crippen molar-refractivity contribution in [3.63, 3.8) is 0 Å². The first-order chi connectivity index (χ1) is 12.6. The summed E-state index contributed by atoms with van der Waals surface area (Å²) in [5.41, 5.74) is 2.31. The molecule has 0 saturated carbocycles. The van der Waals surface area contributed by atoms with Gasteiger partial charge in [0.15, 0.2) is 0 Å². The number of imidazole rings is 1. The maximum Gasteiger partial charge on any atom is 0.258 e. The molecule has 0 spiro atoms. The molecular formula is C19H23ClN6O. The number of piperazine rings is 1. The molecular weight excluding hydrogens is 364 g/mol. The molecule has 1 amide bonds. The highest BCUT2D eigenvalue weighted by Gasteiger charge is 2.32. The molecule has 142 valence electrons. The number of para-hydroxylation sites is 1. The lowest BCUT2D eigenvalue weighted by Gasteiger charge is -2.35. The van der Waals surface area contributed by atoms with Crippen LogP contribution in [0.25, 0.3) is 5.69 Å². The third kappa shape index (κ3) is 3.61. The minimum atomic E-state index is -0.0873. The lowest BCUT2D eigenvalue weighted by molar-refractivity contribution is 0.0620. The average Bonchev–Trinajstić information content (AvgIpc) is 3.27. The number of benzene rings is 1. The maximum atomic E-state index is 13.3. The van der Waals surface area contributed by atoms with Crippen LogP contribution in [0.3, 0.4) is 0 Å². The third-order valence-electron chi connectivity index (χ3n) is 4.81. The highest BCUT2D eigenvalue weighted by Crippen LogP contribution is 2.24. The Kier molecular flexibility index (Phi) is 5.62. The van der Waals surface area contributed by atoms with Gasteiger partial charge in [-0.15, -0.1) is 12.4 Å². The van der Waals surface area contributed by atoms with E-state index in [1.807, 2.05) is 66.2 Å². The molecule has 2 aromatic heterocycles. The van der Waals surface area contributed by atoms with E-state index >= 15 is 0 Å². The van der Waals surface area contributed by atoms with Crippen LogP contribution in [0.5, 0.6) is 0 Å². The van der Waals surface area contributed by atoms with Crippen LogP contribution in [-0.2, 0) is 7.05 Å². The van der Waals surface area contributed by atoms with Crippen LogP contribution < -0.4 is 5.32 Å². The molecule has 27 heavy (non-hydrogen) atoms. The molecule has 3 aromatic rings. The molecule has 1 aliphatic heterocycles. The van der Waals surface area contributed by atoms with Gasteiger partial charge in [-0.3, -0.25) is 4.79 Å². The fraction of sp³-hybridized carbons (Fsp3) is 0.316. The van der Waals surface area contributed by atoms with Crippen molar-refractivity contribution in [3.05, 3.63) is 66.0 Å². The largest absolute Gasteiger partial charge is 0.336 e. The monoisotopic (exact) mass is 386 g/mol. The van der Waals surface area contributed by atoms with E-state index in [-0.39, 0.29) is 24.4 Å². The van der Waals surface area contributed by atoms with Crippen molar-refractivity contribution in [3.8, 4) is 5.69 Å². The second kappa shape index (κ2) is 7.94. The molecule has 1 fully saturated rings. The lowest BCUT2D eigenvalue weighted by Crippen LogP contribution is -2.49. The number of aromatic nitrogens is 4. The molecule has 1 atom stereocenters. The van der Waals surface area contributed by atoms with Gasteiger partial charge in [-0.1, -0.05) is 18.2 Å². The predicted octanol–water partition coefficient (Wildman–Crippen LogP) is 2.12. The fourth-order valence-corrected chi connectivity index (χ4v) is 3.41. The van der Waals surface area contributed by atoms with Crippen molar-refractivity contribution in [2.24, 2.45) is 7.05 Å². The van der Waals surface area contributed by atoms with E-state index in [4.69, 9.17) is 0 Å². The summed E-state index contributed by atoms with van der Waals surface area (Å²) >= 11 is 0. The van der Waals surface area contributed by atoms with E-state index in [0.717, 1.165) is 23.8 Å². The van der Waals surface area contributed by atoms with Gasteiger partial charge in [-0.2, -0.15) is 5.10 Å². The SMILES string of the molecule is Cc1nn(-c2ccccc2)cc1C(=O)N1CCNCC1c1nccn1C.Cl. The quantitative estimate of drug-likeness (QED) is 0.748. The first-order valence-corrected chi connectivity index (χ1v) is 8.76. The molecule has 1 unspecified atom stereocenters. The summed E-state index contributed by atoms with van der Waals surface area (Å²) in [6.45, 7) is 4.00. The number of amides is 1. The van der Waals surface area contributed by atoms with Crippen molar-refractivity contribution in [2.75, 3.05) is 19.6 Å². The van der Waals surface area contributed by atoms with E-state index in [1.165, 1.54) is 0 Å². The summed E-state index contributed by atoms with van der Waals surface area (Å²) in [4.78, 5) is 19.6. The molecule has 0 aliphatic carbocycles. The van der Waals surface area contributed by atoms with E-state index in [0.29, 0.717) is 18.7 Å². The summed E-state index contributed by atoms with van der Waals surface area (Å²) in [5, 5.41) is 7.90. The number of aryl methyl sites for hydroxylation is 2. The second-order valence-corrected chi connectivity index (χ2v) is 6.52. The average molecular weight is 387 g/mol. The van der Waals surface area contributed by atoms with Gasteiger partial charge in [-0.05, 0) is 19.1 Å². The summed E-state index contributed by atoms with van der Waals surface area (Å²) in [7, 11) is 1.96. The second-order valence-electron chi connectivity index (χ2n) is 6.52.